The molecule has 0 spiro atoms. The molecule has 0 aliphatic rings. The van der Waals surface area contributed by atoms with Crippen LogP contribution in [0.5, 0.6) is 0 Å². The van der Waals surface area contributed by atoms with Crippen LogP contribution < -0.4 is 0 Å². The van der Waals surface area contributed by atoms with Gasteiger partial charge in [-0.25, -0.2) is 0 Å². The molecule has 0 aliphatic carbocycles. The summed E-state index contributed by atoms with van der Waals surface area (Å²) in [6.07, 6.45) is 7.11. The molecule has 0 amide bonds. The fourth-order valence-electron chi connectivity index (χ4n) is 1.75. The molecular weight excluding hydrogens is 295 g/mol. The standard InChI is InChI=1S/C14H31O2PS2/c1-4-5-6-9-12-15-17(18,19)16-13-10-7-8-11-14(2)3/h14H,4-13H2,1-3H3,(H,18,19)/p-1. The summed E-state index contributed by atoms with van der Waals surface area (Å²) in [6, 6.07) is 0. The first kappa shape index (κ1) is 20.1. The maximum absolute atomic E-state index is 5.56. The Morgan fingerprint density at radius 3 is 1.84 bits per heavy atom. The second-order valence-corrected chi connectivity index (χ2v) is 10.4. The highest BCUT2D eigenvalue weighted by Gasteiger charge is 2.10. The van der Waals surface area contributed by atoms with E-state index in [9.17, 15) is 0 Å². The SMILES string of the molecule is CCCCCCO[P+]([S-])([S-])OCCCCCC(C)C. The summed E-state index contributed by atoms with van der Waals surface area (Å²) in [5, 5.41) is 0. The van der Waals surface area contributed by atoms with E-state index in [4.69, 9.17) is 33.5 Å². The monoisotopic (exact) mass is 325 g/mol. The lowest BCUT2D eigenvalue weighted by Gasteiger charge is -2.34. The Labute approximate surface area is 131 Å². The van der Waals surface area contributed by atoms with Crippen LogP contribution in [0.4, 0.5) is 0 Å². The average Bonchev–Trinajstić information content (AvgIpc) is 2.33. The van der Waals surface area contributed by atoms with Gasteiger partial charge in [0.1, 0.15) is 0 Å². The zero-order valence-electron chi connectivity index (χ0n) is 12.7. The van der Waals surface area contributed by atoms with E-state index in [1.165, 1.54) is 38.5 Å². The Kier molecular flexibility index (Phi) is 13.5. The average molecular weight is 326 g/mol. The van der Waals surface area contributed by atoms with E-state index >= 15 is 0 Å². The predicted octanol–water partition coefficient (Wildman–Crippen LogP) is 5.59. The molecule has 2 nitrogen and oxygen atoms in total. The van der Waals surface area contributed by atoms with E-state index < -0.39 is 6.12 Å². The molecule has 0 bridgehead atoms. The lowest BCUT2D eigenvalue weighted by molar-refractivity contribution is 0.247. The molecule has 0 unspecified atom stereocenters. The number of hydrogen-bond acceptors (Lipinski definition) is 4. The van der Waals surface area contributed by atoms with E-state index in [0.29, 0.717) is 13.2 Å². The molecule has 0 radical (unpaired) electrons. The van der Waals surface area contributed by atoms with Crippen LogP contribution in [0.2, 0.25) is 0 Å². The summed E-state index contributed by atoms with van der Waals surface area (Å²) in [7, 11) is 0. The number of rotatable bonds is 13. The molecule has 0 N–H and O–H groups in total. The van der Waals surface area contributed by atoms with Crippen molar-refractivity contribution in [1.82, 2.24) is 0 Å². The minimum atomic E-state index is -2.39. The molecule has 5 heteroatoms. The summed E-state index contributed by atoms with van der Waals surface area (Å²) in [6.45, 7) is 8.03. The van der Waals surface area contributed by atoms with Crippen molar-refractivity contribution in [1.29, 1.82) is 0 Å². The van der Waals surface area contributed by atoms with Crippen molar-refractivity contribution < 1.29 is 9.05 Å². The van der Waals surface area contributed by atoms with Crippen LogP contribution in [0.1, 0.15) is 72.1 Å². The first-order chi connectivity index (χ1) is 8.98. The fourth-order valence-corrected chi connectivity index (χ4v) is 3.42. The normalized spacial score (nSPS) is 12.3. The molecule has 0 atom stereocenters. The highest BCUT2D eigenvalue weighted by Crippen LogP contribution is 2.56. The Morgan fingerprint density at radius 2 is 1.37 bits per heavy atom. The van der Waals surface area contributed by atoms with Crippen LogP contribution in [0.3, 0.4) is 0 Å². The van der Waals surface area contributed by atoms with Gasteiger partial charge in [-0.2, -0.15) is 0 Å². The van der Waals surface area contributed by atoms with Crippen molar-refractivity contribution in [2.75, 3.05) is 13.2 Å². The lowest BCUT2D eigenvalue weighted by atomic mass is 10.1. The van der Waals surface area contributed by atoms with Gasteiger partial charge in [0, 0.05) is 6.12 Å². The van der Waals surface area contributed by atoms with E-state index in [0.717, 1.165) is 18.8 Å². The molecule has 0 aromatic heterocycles. The molecule has 0 fully saturated rings. The number of hydrogen-bond donors (Lipinski definition) is 0. The molecule has 0 heterocycles. The molecule has 0 aromatic carbocycles. The van der Waals surface area contributed by atoms with Crippen LogP contribution in [-0.2, 0) is 33.5 Å². The van der Waals surface area contributed by atoms with Crippen molar-refractivity contribution in [2.45, 2.75) is 72.1 Å². The molecule has 19 heavy (non-hydrogen) atoms. The van der Waals surface area contributed by atoms with Gasteiger partial charge in [-0.15, -0.1) is 0 Å². The fraction of sp³-hybridized carbons (Fsp3) is 1.00. The first-order valence-electron chi connectivity index (χ1n) is 7.58. The maximum Gasteiger partial charge on any atom is 0.0892 e. The van der Waals surface area contributed by atoms with Gasteiger partial charge >= 0.3 is 0 Å². The predicted molar refractivity (Wildman–Crippen MR) is 91.0 cm³/mol. The van der Waals surface area contributed by atoms with E-state index in [-0.39, 0.29) is 0 Å². The van der Waals surface area contributed by atoms with Crippen molar-refractivity contribution in [3.05, 3.63) is 0 Å². The quantitative estimate of drug-likeness (QED) is 0.249. The van der Waals surface area contributed by atoms with Crippen molar-refractivity contribution in [3.8, 4) is 0 Å². The third-order valence-electron chi connectivity index (χ3n) is 2.92. The number of unbranched alkanes of at least 4 members (excludes halogenated alkanes) is 5. The zero-order valence-corrected chi connectivity index (χ0v) is 15.3. The van der Waals surface area contributed by atoms with Crippen molar-refractivity contribution >= 4 is 30.6 Å². The van der Waals surface area contributed by atoms with Crippen LogP contribution in [0.15, 0.2) is 0 Å². The molecule has 0 saturated carbocycles. The zero-order chi connectivity index (χ0) is 14.6. The minimum absolute atomic E-state index is 0.661. The summed E-state index contributed by atoms with van der Waals surface area (Å²) < 4.78 is 11.1. The van der Waals surface area contributed by atoms with Crippen molar-refractivity contribution in [2.24, 2.45) is 5.92 Å². The molecule has 0 aromatic rings. The topological polar surface area (TPSA) is 18.5 Å². The van der Waals surface area contributed by atoms with Crippen molar-refractivity contribution in [3.63, 3.8) is 0 Å². The van der Waals surface area contributed by atoms with E-state index in [1.807, 2.05) is 0 Å². The van der Waals surface area contributed by atoms with Crippen LogP contribution in [-0.4, -0.2) is 13.2 Å². The molecule has 0 saturated heterocycles. The van der Waals surface area contributed by atoms with Gasteiger partial charge in [0.2, 0.25) is 0 Å². The third kappa shape index (κ3) is 15.3. The van der Waals surface area contributed by atoms with Gasteiger partial charge in [-0.05, 0) is 18.8 Å². The molecular formula is C14H30O2PS2-. The second kappa shape index (κ2) is 12.8. The highest BCUT2D eigenvalue weighted by molar-refractivity contribution is 8.69. The van der Waals surface area contributed by atoms with Crippen LogP contribution >= 0.6 is 6.12 Å². The van der Waals surface area contributed by atoms with E-state index in [2.05, 4.69) is 20.8 Å². The summed E-state index contributed by atoms with van der Waals surface area (Å²) in [5.74, 6) is 0.789. The molecule has 116 valence electrons. The smallest absolute Gasteiger partial charge is 0.0892 e. The van der Waals surface area contributed by atoms with Crippen LogP contribution in [0.25, 0.3) is 0 Å². The van der Waals surface area contributed by atoms with Gasteiger partial charge in [-0.3, -0.25) is 9.05 Å². The van der Waals surface area contributed by atoms with Gasteiger partial charge in [-0.1, -0.05) is 59.3 Å². The Balaban J connectivity index is 3.40. The maximum atomic E-state index is 5.56. The summed E-state index contributed by atoms with van der Waals surface area (Å²) in [4.78, 5) is 0. The molecule has 0 rings (SSSR count). The summed E-state index contributed by atoms with van der Waals surface area (Å²) >= 11 is 10.4. The molecule has 0 aliphatic heterocycles. The van der Waals surface area contributed by atoms with Gasteiger partial charge < -0.3 is 24.5 Å². The first-order valence-corrected chi connectivity index (χ1v) is 11.2. The highest BCUT2D eigenvalue weighted by atomic mass is 33.1. The Hall–Kier alpha value is 1.05. The van der Waals surface area contributed by atoms with Gasteiger partial charge in [0.05, 0.1) is 13.2 Å². The second-order valence-electron chi connectivity index (χ2n) is 5.42. The van der Waals surface area contributed by atoms with Gasteiger partial charge in [0.25, 0.3) is 0 Å². The lowest BCUT2D eigenvalue weighted by Crippen LogP contribution is -2.01. The Morgan fingerprint density at radius 1 is 0.842 bits per heavy atom. The summed E-state index contributed by atoms with van der Waals surface area (Å²) in [5.41, 5.74) is 0. The Bertz CT molecular complexity index is 202. The van der Waals surface area contributed by atoms with Gasteiger partial charge in [0.15, 0.2) is 0 Å². The largest absolute Gasteiger partial charge is 0.516 e. The minimum Gasteiger partial charge on any atom is -0.516 e. The third-order valence-corrected chi connectivity index (χ3v) is 5.19. The van der Waals surface area contributed by atoms with Crippen LogP contribution in [0, 0.1) is 5.92 Å². The van der Waals surface area contributed by atoms with E-state index in [1.54, 1.807) is 0 Å².